The lowest BCUT2D eigenvalue weighted by molar-refractivity contribution is 0.468. The smallest absolute Gasteiger partial charge is 0.231 e. The maximum Gasteiger partial charge on any atom is 0.231 e. The molecule has 4 rings (SSSR count). The van der Waals surface area contributed by atoms with Gasteiger partial charge in [-0.15, -0.1) is 11.3 Å². The van der Waals surface area contributed by atoms with Gasteiger partial charge in [0.05, 0.1) is 15.4 Å². The van der Waals surface area contributed by atoms with E-state index in [2.05, 4.69) is 22.1 Å². The Morgan fingerprint density at radius 1 is 0.875 bits per heavy atom. The maximum absolute atomic E-state index is 6.04. The first-order valence-electron chi connectivity index (χ1n) is 7.13. The van der Waals surface area contributed by atoms with Crippen LogP contribution in [0.2, 0.25) is 10.0 Å². The van der Waals surface area contributed by atoms with Gasteiger partial charge in [0.25, 0.3) is 0 Å². The molecular formula is C18H10Cl2N2OS. The van der Waals surface area contributed by atoms with E-state index in [1.807, 2.05) is 24.3 Å². The molecule has 4 aromatic rings. The van der Waals surface area contributed by atoms with Crippen LogP contribution in [-0.4, -0.2) is 9.97 Å². The predicted octanol–water partition coefficient (Wildman–Crippen LogP) is 6.46. The van der Waals surface area contributed by atoms with Crippen molar-refractivity contribution < 1.29 is 4.74 Å². The Hall–Kier alpha value is -2.14. The third-order valence-corrected chi connectivity index (χ3v) is 5.29. The molecule has 0 aliphatic carbocycles. The van der Waals surface area contributed by atoms with Crippen LogP contribution in [-0.2, 0) is 0 Å². The lowest BCUT2D eigenvalue weighted by Gasteiger charge is -2.06. The van der Waals surface area contributed by atoms with Crippen molar-refractivity contribution in [2.75, 3.05) is 0 Å². The summed E-state index contributed by atoms with van der Waals surface area (Å²) >= 11 is 13.6. The first kappa shape index (κ1) is 15.4. The molecule has 0 spiro atoms. The fourth-order valence-corrected chi connectivity index (χ4v) is 3.59. The third kappa shape index (κ3) is 2.96. The fraction of sp³-hybridized carbons (Fsp3) is 0. The Bertz CT molecular complexity index is 1020. The summed E-state index contributed by atoms with van der Waals surface area (Å²) in [6.07, 6.45) is 1.50. The number of halogens is 2. The highest BCUT2D eigenvalue weighted by molar-refractivity contribution is 7.21. The number of fused-ring (bicyclic) bond motifs is 1. The SMILES string of the molecule is Clc1ccc(Oc2ncnc3sc(-c4ccccc4)cc23)cc1Cl. The van der Waals surface area contributed by atoms with Crippen LogP contribution in [0.1, 0.15) is 0 Å². The van der Waals surface area contributed by atoms with Crippen LogP contribution in [0.25, 0.3) is 20.7 Å². The molecule has 3 nitrogen and oxygen atoms in total. The van der Waals surface area contributed by atoms with Gasteiger partial charge < -0.3 is 4.74 Å². The molecule has 0 N–H and O–H groups in total. The molecule has 0 radical (unpaired) electrons. The van der Waals surface area contributed by atoms with E-state index < -0.39 is 0 Å². The average Bonchev–Trinajstić information content (AvgIpc) is 3.04. The van der Waals surface area contributed by atoms with Crippen LogP contribution < -0.4 is 4.74 Å². The van der Waals surface area contributed by atoms with Crippen molar-refractivity contribution in [3.63, 3.8) is 0 Å². The van der Waals surface area contributed by atoms with Crippen molar-refractivity contribution >= 4 is 44.8 Å². The minimum atomic E-state index is 0.440. The van der Waals surface area contributed by atoms with Crippen molar-refractivity contribution in [3.8, 4) is 22.1 Å². The zero-order valence-corrected chi connectivity index (χ0v) is 14.6. The Morgan fingerprint density at radius 2 is 1.71 bits per heavy atom. The molecule has 0 aliphatic heterocycles. The molecule has 0 aliphatic rings. The fourth-order valence-electron chi connectivity index (χ4n) is 2.31. The van der Waals surface area contributed by atoms with Crippen molar-refractivity contribution in [2.45, 2.75) is 0 Å². The summed E-state index contributed by atoms with van der Waals surface area (Å²) < 4.78 is 5.89. The van der Waals surface area contributed by atoms with Crippen molar-refractivity contribution in [1.82, 2.24) is 9.97 Å². The van der Waals surface area contributed by atoms with E-state index in [1.165, 1.54) is 6.33 Å². The first-order valence-corrected chi connectivity index (χ1v) is 8.71. The molecule has 2 aromatic heterocycles. The quantitative estimate of drug-likeness (QED) is 0.414. The molecule has 0 saturated heterocycles. The van der Waals surface area contributed by atoms with E-state index in [-0.39, 0.29) is 0 Å². The molecule has 0 fully saturated rings. The van der Waals surface area contributed by atoms with Crippen molar-refractivity contribution in [3.05, 3.63) is 71.0 Å². The standard InChI is InChI=1S/C18H10Cl2N2OS/c19-14-7-6-12(8-15(14)20)23-17-13-9-16(11-4-2-1-3-5-11)24-18(13)22-10-21-17/h1-10H. The van der Waals surface area contributed by atoms with E-state index in [0.717, 1.165) is 20.7 Å². The number of hydrogen-bond acceptors (Lipinski definition) is 4. The molecule has 0 saturated carbocycles. The molecule has 2 heterocycles. The van der Waals surface area contributed by atoms with E-state index in [4.69, 9.17) is 27.9 Å². The molecule has 6 heteroatoms. The van der Waals surface area contributed by atoms with Gasteiger partial charge in [-0.05, 0) is 23.8 Å². The minimum absolute atomic E-state index is 0.440. The molecule has 118 valence electrons. The number of hydrogen-bond donors (Lipinski definition) is 0. The first-order chi connectivity index (χ1) is 11.7. The van der Waals surface area contributed by atoms with Gasteiger partial charge in [-0.1, -0.05) is 53.5 Å². The van der Waals surface area contributed by atoms with Gasteiger partial charge in [-0.25, -0.2) is 9.97 Å². The average molecular weight is 373 g/mol. The van der Waals surface area contributed by atoms with Gasteiger partial charge in [-0.2, -0.15) is 0 Å². The second kappa shape index (κ2) is 6.40. The van der Waals surface area contributed by atoms with Gasteiger partial charge in [0, 0.05) is 10.9 Å². The monoisotopic (exact) mass is 372 g/mol. The third-order valence-electron chi connectivity index (χ3n) is 3.46. The Kier molecular flexibility index (Phi) is 4.10. The lowest BCUT2D eigenvalue weighted by Crippen LogP contribution is -1.89. The number of aromatic nitrogens is 2. The van der Waals surface area contributed by atoms with Gasteiger partial charge in [-0.3, -0.25) is 0 Å². The highest BCUT2D eigenvalue weighted by Crippen LogP contribution is 2.37. The number of benzene rings is 2. The predicted molar refractivity (Wildman–Crippen MR) is 99.4 cm³/mol. The minimum Gasteiger partial charge on any atom is -0.438 e. The highest BCUT2D eigenvalue weighted by Gasteiger charge is 2.12. The van der Waals surface area contributed by atoms with Crippen LogP contribution in [0.3, 0.4) is 0 Å². The highest BCUT2D eigenvalue weighted by atomic mass is 35.5. The van der Waals surface area contributed by atoms with Gasteiger partial charge in [0.2, 0.25) is 5.88 Å². The van der Waals surface area contributed by atoms with Crippen molar-refractivity contribution in [2.24, 2.45) is 0 Å². The summed E-state index contributed by atoms with van der Waals surface area (Å²) in [6.45, 7) is 0. The van der Waals surface area contributed by atoms with Crippen LogP contribution in [0.4, 0.5) is 0 Å². The van der Waals surface area contributed by atoms with Gasteiger partial charge in [0.1, 0.15) is 16.9 Å². The number of thiophene rings is 1. The molecule has 0 amide bonds. The van der Waals surface area contributed by atoms with Crippen LogP contribution in [0.15, 0.2) is 60.9 Å². The normalized spacial score (nSPS) is 10.9. The zero-order chi connectivity index (χ0) is 16.5. The number of nitrogens with zero attached hydrogens (tertiary/aromatic N) is 2. The summed E-state index contributed by atoms with van der Waals surface area (Å²) in [5.74, 6) is 1.08. The maximum atomic E-state index is 6.04. The molecule has 0 atom stereocenters. The van der Waals surface area contributed by atoms with E-state index >= 15 is 0 Å². The second-order valence-corrected chi connectivity index (χ2v) is 6.90. The second-order valence-electron chi connectivity index (χ2n) is 5.05. The largest absolute Gasteiger partial charge is 0.438 e. The van der Waals surface area contributed by atoms with Gasteiger partial charge >= 0.3 is 0 Å². The summed E-state index contributed by atoms with van der Waals surface area (Å²) in [6, 6.07) is 17.3. The number of ether oxygens (including phenoxy) is 1. The molecule has 24 heavy (non-hydrogen) atoms. The topological polar surface area (TPSA) is 35.0 Å². The summed E-state index contributed by atoms with van der Waals surface area (Å²) in [7, 11) is 0. The van der Waals surface area contributed by atoms with Crippen LogP contribution >= 0.6 is 34.5 Å². The van der Waals surface area contributed by atoms with E-state index in [1.54, 1.807) is 29.5 Å². The van der Waals surface area contributed by atoms with Crippen LogP contribution in [0, 0.1) is 0 Å². The Labute approximate surface area is 152 Å². The van der Waals surface area contributed by atoms with Gasteiger partial charge in [0.15, 0.2) is 0 Å². The van der Waals surface area contributed by atoms with Crippen molar-refractivity contribution in [1.29, 1.82) is 0 Å². The number of rotatable bonds is 3. The Morgan fingerprint density at radius 3 is 2.50 bits per heavy atom. The summed E-state index contributed by atoms with van der Waals surface area (Å²) in [4.78, 5) is 10.6. The summed E-state index contributed by atoms with van der Waals surface area (Å²) in [5, 5.41) is 1.79. The molecular weight excluding hydrogens is 363 g/mol. The van der Waals surface area contributed by atoms with Crippen LogP contribution in [0.5, 0.6) is 11.6 Å². The summed E-state index contributed by atoms with van der Waals surface area (Å²) in [5.41, 5.74) is 1.14. The van der Waals surface area contributed by atoms with E-state index in [0.29, 0.717) is 21.7 Å². The molecule has 2 aromatic carbocycles. The Balaban J connectivity index is 1.76. The zero-order valence-electron chi connectivity index (χ0n) is 12.2. The van der Waals surface area contributed by atoms with E-state index in [9.17, 15) is 0 Å². The molecule has 0 bridgehead atoms. The molecule has 0 unspecified atom stereocenters. The lowest BCUT2D eigenvalue weighted by atomic mass is 10.2.